The van der Waals surface area contributed by atoms with Gasteiger partial charge in [-0.2, -0.15) is 11.8 Å². The van der Waals surface area contributed by atoms with E-state index in [1.165, 1.54) is 17.9 Å². The minimum Gasteiger partial charge on any atom is -0.472 e. The van der Waals surface area contributed by atoms with Crippen LogP contribution in [-0.2, 0) is 6.54 Å². The lowest BCUT2D eigenvalue weighted by atomic mass is 9.97. The largest absolute Gasteiger partial charge is 0.472 e. The molecule has 2 N–H and O–H groups in total. The molecule has 1 aliphatic rings. The summed E-state index contributed by atoms with van der Waals surface area (Å²) in [5.41, 5.74) is 1.35. The van der Waals surface area contributed by atoms with Gasteiger partial charge in [-0.3, -0.25) is 4.99 Å². The third kappa shape index (κ3) is 3.70. The Labute approximate surface area is 125 Å². The molecule has 2 rings (SSSR count). The average Bonchev–Trinajstić information content (AvgIpc) is 3.10. The molecule has 1 aromatic rings. The molecule has 0 aromatic carbocycles. The van der Waals surface area contributed by atoms with E-state index >= 15 is 0 Å². The highest BCUT2D eigenvalue weighted by atomic mass is 32.2. The second-order valence-corrected chi connectivity index (χ2v) is 6.44. The Morgan fingerprint density at radius 2 is 2.35 bits per heavy atom. The van der Waals surface area contributed by atoms with Gasteiger partial charge in [0.05, 0.1) is 12.5 Å². The first kappa shape index (κ1) is 15.3. The van der Waals surface area contributed by atoms with E-state index < -0.39 is 0 Å². The predicted molar refractivity (Wildman–Crippen MR) is 85.3 cm³/mol. The maximum absolute atomic E-state index is 5.06. The Bertz CT molecular complexity index is 424. The molecule has 20 heavy (non-hydrogen) atoms. The van der Waals surface area contributed by atoms with Gasteiger partial charge in [0.15, 0.2) is 5.96 Å². The van der Waals surface area contributed by atoms with Crippen molar-refractivity contribution in [2.45, 2.75) is 18.5 Å². The number of hydrogen-bond acceptors (Lipinski definition) is 4. The fourth-order valence-electron chi connectivity index (χ4n) is 2.29. The van der Waals surface area contributed by atoms with E-state index in [9.17, 15) is 0 Å². The van der Waals surface area contributed by atoms with Crippen LogP contribution in [0.3, 0.4) is 0 Å². The maximum atomic E-state index is 5.06. The molecule has 1 aromatic heterocycles. The number of aliphatic imine (C=N–C) groups is 1. The van der Waals surface area contributed by atoms with E-state index in [0.717, 1.165) is 24.6 Å². The first-order valence-corrected chi connectivity index (χ1v) is 8.02. The Hall–Kier alpha value is -1.14. The lowest BCUT2D eigenvalue weighted by molar-refractivity contribution is 0.183. The monoisotopic (exact) mass is 296 g/mol. The highest BCUT2D eigenvalue weighted by Crippen LogP contribution is 2.31. The summed E-state index contributed by atoms with van der Waals surface area (Å²) in [5, 5.41) is 6.75. The van der Waals surface area contributed by atoms with Crippen LogP contribution in [0.4, 0.5) is 0 Å². The smallest absolute Gasteiger partial charge is 0.191 e. The molecule has 0 radical (unpaired) electrons. The summed E-state index contributed by atoms with van der Waals surface area (Å²) in [6.45, 7) is 1.64. The molecule has 112 valence electrons. The zero-order chi connectivity index (χ0) is 14.4. The summed E-state index contributed by atoms with van der Waals surface area (Å²) < 4.78 is 5.06. The number of nitrogens with one attached hydrogen (secondary N) is 2. The standard InChI is InChI=1S/C14H24N4OS/c1-15-13(16-8-12-4-6-19-9-12)17-10-14(18(2)3)5-7-20-11-14/h4,6,9H,5,7-8,10-11H2,1-3H3,(H2,15,16,17). The lowest BCUT2D eigenvalue weighted by Crippen LogP contribution is -2.54. The normalized spacial score (nSPS) is 23.3. The van der Waals surface area contributed by atoms with Crippen LogP contribution in [0.1, 0.15) is 12.0 Å². The SMILES string of the molecule is CN=C(NCc1ccoc1)NCC1(N(C)C)CCSC1. The lowest BCUT2D eigenvalue weighted by Gasteiger charge is -2.36. The van der Waals surface area contributed by atoms with E-state index in [1.807, 2.05) is 17.8 Å². The molecule has 1 fully saturated rings. The van der Waals surface area contributed by atoms with Crippen molar-refractivity contribution in [2.75, 3.05) is 39.2 Å². The highest BCUT2D eigenvalue weighted by Gasteiger charge is 2.36. The summed E-state index contributed by atoms with van der Waals surface area (Å²) in [4.78, 5) is 6.61. The van der Waals surface area contributed by atoms with Crippen molar-refractivity contribution in [2.24, 2.45) is 4.99 Å². The molecule has 0 spiro atoms. The first-order valence-electron chi connectivity index (χ1n) is 6.87. The molecule has 1 atom stereocenters. The second-order valence-electron chi connectivity index (χ2n) is 5.33. The molecule has 1 aliphatic heterocycles. The van der Waals surface area contributed by atoms with E-state index in [0.29, 0.717) is 0 Å². The van der Waals surface area contributed by atoms with Crippen LogP contribution in [-0.4, -0.2) is 55.6 Å². The van der Waals surface area contributed by atoms with E-state index in [-0.39, 0.29) is 5.54 Å². The van der Waals surface area contributed by atoms with Crippen LogP contribution in [0, 0.1) is 0 Å². The van der Waals surface area contributed by atoms with Gasteiger partial charge in [-0.05, 0) is 32.3 Å². The van der Waals surface area contributed by atoms with Crippen molar-refractivity contribution < 1.29 is 4.42 Å². The summed E-state index contributed by atoms with van der Waals surface area (Å²) in [7, 11) is 6.13. The number of likely N-dealkylation sites (N-methyl/N-ethyl adjacent to an activating group) is 1. The zero-order valence-electron chi connectivity index (χ0n) is 12.5. The molecule has 6 heteroatoms. The number of furan rings is 1. The van der Waals surface area contributed by atoms with Gasteiger partial charge in [-0.15, -0.1) is 0 Å². The Kier molecular flexibility index (Phi) is 5.37. The summed E-state index contributed by atoms with van der Waals surface area (Å²) in [5.74, 6) is 3.25. The zero-order valence-corrected chi connectivity index (χ0v) is 13.3. The third-order valence-corrected chi connectivity index (χ3v) is 5.11. The number of hydrogen-bond donors (Lipinski definition) is 2. The van der Waals surface area contributed by atoms with E-state index in [2.05, 4.69) is 34.6 Å². The second kappa shape index (κ2) is 7.04. The summed E-state index contributed by atoms with van der Waals surface area (Å²) in [6.07, 6.45) is 4.65. The highest BCUT2D eigenvalue weighted by molar-refractivity contribution is 7.99. The van der Waals surface area contributed by atoms with Gasteiger partial charge in [0.2, 0.25) is 0 Å². The Balaban J connectivity index is 1.84. The molecule has 0 bridgehead atoms. The number of thioether (sulfide) groups is 1. The molecule has 1 saturated heterocycles. The molecule has 0 saturated carbocycles. The van der Waals surface area contributed by atoms with Crippen molar-refractivity contribution in [1.29, 1.82) is 0 Å². The van der Waals surface area contributed by atoms with Crippen molar-refractivity contribution in [3.05, 3.63) is 24.2 Å². The van der Waals surface area contributed by atoms with Crippen LogP contribution >= 0.6 is 11.8 Å². The van der Waals surface area contributed by atoms with Crippen molar-refractivity contribution in [1.82, 2.24) is 15.5 Å². The quantitative estimate of drug-likeness (QED) is 0.635. The molecule has 5 nitrogen and oxygen atoms in total. The first-order chi connectivity index (χ1) is 9.66. The van der Waals surface area contributed by atoms with Gasteiger partial charge in [-0.25, -0.2) is 0 Å². The van der Waals surface area contributed by atoms with E-state index in [4.69, 9.17) is 4.42 Å². The van der Waals surface area contributed by atoms with Crippen LogP contribution in [0.2, 0.25) is 0 Å². The van der Waals surface area contributed by atoms with Gasteiger partial charge < -0.3 is 20.0 Å². The van der Waals surface area contributed by atoms with Crippen molar-refractivity contribution >= 4 is 17.7 Å². The Morgan fingerprint density at radius 1 is 1.50 bits per heavy atom. The topological polar surface area (TPSA) is 52.8 Å². The maximum Gasteiger partial charge on any atom is 0.191 e. The summed E-state index contributed by atoms with van der Waals surface area (Å²) in [6, 6.07) is 1.95. The van der Waals surface area contributed by atoms with Gasteiger partial charge in [0.1, 0.15) is 0 Å². The molecule has 1 unspecified atom stereocenters. The van der Waals surface area contributed by atoms with Gasteiger partial charge in [-0.1, -0.05) is 0 Å². The summed E-state index contributed by atoms with van der Waals surface area (Å²) >= 11 is 2.03. The minimum atomic E-state index is 0.234. The van der Waals surface area contributed by atoms with Crippen LogP contribution in [0.15, 0.2) is 28.0 Å². The fourth-order valence-corrected chi connectivity index (χ4v) is 3.85. The molecule has 0 aliphatic carbocycles. The predicted octanol–water partition coefficient (Wildman–Crippen LogP) is 1.38. The minimum absolute atomic E-state index is 0.234. The molecule has 0 amide bonds. The number of rotatable bonds is 5. The van der Waals surface area contributed by atoms with Gasteiger partial charge in [0.25, 0.3) is 0 Å². The third-order valence-electron chi connectivity index (χ3n) is 3.88. The van der Waals surface area contributed by atoms with Gasteiger partial charge >= 0.3 is 0 Å². The van der Waals surface area contributed by atoms with Crippen LogP contribution in [0.25, 0.3) is 0 Å². The average molecular weight is 296 g/mol. The Morgan fingerprint density at radius 3 is 2.90 bits per heavy atom. The number of guanidine groups is 1. The van der Waals surface area contributed by atoms with E-state index in [1.54, 1.807) is 19.6 Å². The molecular formula is C14H24N4OS. The fraction of sp³-hybridized carbons (Fsp3) is 0.643. The van der Waals surface area contributed by atoms with Crippen LogP contribution < -0.4 is 10.6 Å². The molecule has 2 heterocycles. The van der Waals surface area contributed by atoms with Crippen LogP contribution in [0.5, 0.6) is 0 Å². The molecular weight excluding hydrogens is 272 g/mol. The van der Waals surface area contributed by atoms with Gasteiger partial charge in [0, 0.05) is 37.0 Å². The number of nitrogens with zero attached hydrogens (tertiary/aromatic N) is 2. The van der Waals surface area contributed by atoms with Crippen molar-refractivity contribution in [3.63, 3.8) is 0 Å². The van der Waals surface area contributed by atoms with Crippen molar-refractivity contribution in [3.8, 4) is 0 Å².